The first kappa shape index (κ1) is 12.2. The Morgan fingerprint density at radius 2 is 2.11 bits per heavy atom. The molecule has 100 valence electrons. The van der Waals surface area contributed by atoms with Crippen LogP contribution in [-0.4, -0.2) is 10.1 Å². The van der Waals surface area contributed by atoms with E-state index in [0.29, 0.717) is 18.3 Å². The van der Waals surface area contributed by atoms with Gasteiger partial charge >= 0.3 is 0 Å². The molecular formula is C14H17N3O2. The van der Waals surface area contributed by atoms with Gasteiger partial charge in [0.2, 0.25) is 11.7 Å². The standard InChI is InChI=1S/C14H17N3O2/c1-9(15)10-4-6-12(7-5-10)18-8-13-16-14(19-17-13)11-2-3-11/h4-7,9,11H,2-3,8,15H2,1H3/t9-/m0/s1. The van der Waals surface area contributed by atoms with Gasteiger partial charge in [-0.05, 0) is 37.5 Å². The minimum absolute atomic E-state index is 0.0346. The topological polar surface area (TPSA) is 74.2 Å². The summed E-state index contributed by atoms with van der Waals surface area (Å²) in [6.45, 7) is 2.28. The minimum atomic E-state index is 0.0346. The summed E-state index contributed by atoms with van der Waals surface area (Å²) in [5.41, 5.74) is 6.88. The number of benzene rings is 1. The van der Waals surface area contributed by atoms with Crippen molar-refractivity contribution < 1.29 is 9.26 Å². The van der Waals surface area contributed by atoms with Crippen LogP contribution < -0.4 is 10.5 Å². The van der Waals surface area contributed by atoms with Crippen molar-refractivity contribution in [1.29, 1.82) is 0 Å². The molecule has 3 rings (SSSR count). The predicted octanol–water partition coefficient (Wildman–Crippen LogP) is 2.55. The first-order chi connectivity index (χ1) is 9.22. The third kappa shape index (κ3) is 2.93. The van der Waals surface area contributed by atoms with Crippen LogP contribution >= 0.6 is 0 Å². The molecule has 0 spiro atoms. The summed E-state index contributed by atoms with van der Waals surface area (Å²) in [7, 11) is 0. The average molecular weight is 259 g/mol. The van der Waals surface area contributed by atoms with E-state index in [1.54, 1.807) is 0 Å². The van der Waals surface area contributed by atoms with Crippen molar-refractivity contribution in [1.82, 2.24) is 10.1 Å². The summed E-state index contributed by atoms with van der Waals surface area (Å²) >= 11 is 0. The third-order valence-corrected chi connectivity index (χ3v) is 3.18. The van der Waals surface area contributed by atoms with Gasteiger partial charge in [0.05, 0.1) is 0 Å². The highest BCUT2D eigenvalue weighted by Gasteiger charge is 2.29. The number of hydrogen-bond donors (Lipinski definition) is 1. The number of hydrogen-bond acceptors (Lipinski definition) is 5. The second-order valence-electron chi connectivity index (χ2n) is 4.97. The summed E-state index contributed by atoms with van der Waals surface area (Å²) in [4.78, 5) is 4.31. The van der Waals surface area contributed by atoms with Crippen LogP contribution in [0.15, 0.2) is 28.8 Å². The summed E-state index contributed by atoms with van der Waals surface area (Å²) in [6, 6.07) is 7.77. The molecule has 0 bridgehead atoms. The zero-order valence-electron chi connectivity index (χ0n) is 10.9. The summed E-state index contributed by atoms with van der Waals surface area (Å²) in [5.74, 6) is 2.60. The van der Waals surface area contributed by atoms with Crippen molar-refractivity contribution in [2.45, 2.75) is 38.3 Å². The van der Waals surface area contributed by atoms with Crippen LogP contribution in [0.1, 0.15) is 49.0 Å². The van der Waals surface area contributed by atoms with E-state index in [2.05, 4.69) is 10.1 Å². The van der Waals surface area contributed by atoms with Crippen LogP contribution in [0.2, 0.25) is 0 Å². The van der Waals surface area contributed by atoms with Crippen molar-refractivity contribution in [3.8, 4) is 5.75 Å². The smallest absolute Gasteiger partial charge is 0.229 e. The van der Waals surface area contributed by atoms with Gasteiger partial charge in [-0.1, -0.05) is 17.3 Å². The number of rotatable bonds is 5. The lowest BCUT2D eigenvalue weighted by Crippen LogP contribution is -2.04. The summed E-state index contributed by atoms with van der Waals surface area (Å²) in [5, 5.41) is 3.91. The van der Waals surface area contributed by atoms with Gasteiger partial charge < -0.3 is 15.0 Å². The molecule has 5 nitrogen and oxygen atoms in total. The largest absolute Gasteiger partial charge is 0.485 e. The van der Waals surface area contributed by atoms with Crippen LogP contribution in [0, 0.1) is 0 Å². The van der Waals surface area contributed by atoms with Gasteiger partial charge in [-0.2, -0.15) is 4.98 Å². The molecule has 0 saturated heterocycles. The van der Waals surface area contributed by atoms with Crippen LogP contribution in [0.5, 0.6) is 5.75 Å². The quantitative estimate of drug-likeness (QED) is 0.893. The van der Waals surface area contributed by atoms with E-state index >= 15 is 0 Å². The van der Waals surface area contributed by atoms with Crippen molar-refractivity contribution in [3.63, 3.8) is 0 Å². The molecule has 1 aliphatic carbocycles. The monoisotopic (exact) mass is 259 g/mol. The number of nitrogens with two attached hydrogens (primary N) is 1. The zero-order valence-corrected chi connectivity index (χ0v) is 10.9. The molecular weight excluding hydrogens is 242 g/mol. The molecule has 1 aromatic carbocycles. The van der Waals surface area contributed by atoms with Gasteiger partial charge in [0.1, 0.15) is 5.75 Å². The predicted molar refractivity (Wildman–Crippen MR) is 69.6 cm³/mol. The first-order valence-electron chi connectivity index (χ1n) is 6.53. The molecule has 2 aromatic rings. The molecule has 1 heterocycles. The normalized spacial score (nSPS) is 16.3. The fraction of sp³-hybridized carbons (Fsp3) is 0.429. The molecule has 5 heteroatoms. The second-order valence-corrected chi connectivity index (χ2v) is 4.97. The average Bonchev–Trinajstić information content (AvgIpc) is 3.16. The van der Waals surface area contributed by atoms with Gasteiger partial charge in [0.25, 0.3) is 0 Å². The highest BCUT2D eigenvalue weighted by atomic mass is 16.5. The van der Waals surface area contributed by atoms with Gasteiger partial charge in [-0.25, -0.2) is 0 Å². The van der Waals surface area contributed by atoms with Crippen molar-refractivity contribution in [3.05, 3.63) is 41.5 Å². The number of ether oxygens (including phenoxy) is 1. The molecule has 0 radical (unpaired) electrons. The van der Waals surface area contributed by atoms with Crippen LogP contribution in [0.25, 0.3) is 0 Å². The Morgan fingerprint density at radius 1 is 1.37 bits per heavy atom. The van der Waals surface area contributed by atoms with Gasteiger partial charge in [0, 0.05) is 12.0 Å². The number of nitrogens with zero attached hydrogens (tertiary/aromatic N) is 2. The van der Waals surface area contributed by atoms with E-state index in [0.717, 1.165) is 30.0 Å². The van der Waals surface area contributed by atoms with Crippen LogP contribution in [-0.2, 0) is 6.61 Å². The van der Waals surface area contributed by atoms with E-state index in [9.17, 15) is 0 Å². The van der Waals surface area contributed by atoms with E-state index in [-0.39, 0.29) is 6.04 Å². The Bertz CT molecular complexity index is 544. The maximum Gasteiger partial charge on any atom is 0.229 e. The maximum atomic E-state index is 5.79. The summed E-state index contributed by atoms with van der Waals surface area (Å²) in [6.07, 6.45) is 2.31. The van der Waals surface area contributed by atoms with Crippen molar-refractivity contribution in [2.24, 2.45) is 5.73 Å². The Kier molecular flexibility index (Phi) is 3.21. The van der Waals surface area contributed by atoms with E-state index in [1.807, 2.05) is 31.2 Å². The third-order valence-electron chi connectivity index (χ3n) is 3.18. The SMILES string of the molecule is C[C@H](N)c1ccc(OCc2noc(C3CC3)n2)cc1. The Balaban J connectivity index is 1.58. The van der Waals surface area contributed by atoms with Crippen LogP contribution in [0.4, 0.5) is 0 Å². The van der Waals surface area contributed by atoms with E-state index in [1.165, 1.54) is 0 Å². The Labute approximate surface area is 111 Å². The fourth-order valence-electron chi connectivity index (χ4n) is 1.84. The van der Waals surface area contributed by atoms with E-state index < -0.39 is 0 Å². The van der Waals surface area contributed by atoms with Gasteiger partial charge in [0.15, 0.2) is 6.61 Å². The van der Waals surface area contributed by atoms with Gasteiger partial charge in [-0.15, -0.1) is 0 Å². The summed E-state index contributed by atoms with van der Waals surface area (Å²) < 4.78 is 10.8. The first-order valence-corrected chi connectivity index (χ1v) is 6.53. The molecule has 0 aliphatic heterocycles. The van der Waals surface area contributed by atoms with E-state index in [4.69, 9.17) is 15.0 Å². The molecule has 2 N–H and O–H groups in total. The lowest BCUT2D eigenvalue weighted by molar-refractivity contribution is 0.285. The Hall–Kier alpha value is -1.88. The highest BCUT2D eigenvalue weighted by molar-refractivity contribution is 5.28. The van der Waals surface area contributed by atoms with Crippen molar-refractivity contribution >= 4 is 0 Å². The molecule has 19 heavy (non-hydrogen) atoms. The van der Waals surface area contributed by atoms with Gasteiger partial charge in [-0.3, -0.25) is 0 Å². The molecule has 0 unspecified atom stereocenters. The zero-order chi connectivity index (χ0) is 13.2. The highest BCUT2D eigenvalue weighted by Crippen LogP contribution is 2.38. The number of aromatic nitrogens is 2. The molecule has 1 aliphatic rings. The Morgan fingerprint density at radius 3 is 2.74 bits per heavy atom. The minimum Gasteiger partial charge on any atom is -0.485 e. The van der Waals surface area contributed by atoms with Crippen molar-refractivity contribution in [2.75, 3.05) is 0 Å². The molecule has 1 saturated carbocycles. The lowest BCUT2D eigenvalue weighted by Gasteiger charge is -2.07. The molecule has 1 fully saturated rings. The molecule has 0 amide bonds. The second kappa shape index (κ2) is 5.01. The fourth-order valence-corrected chi connectivity index (χ4v) is 1.84. The lowest BCUT2D eigenvalue weighted by atomic mass is 10.1. The van der Waals surface area contributed by atoms with Crippen LogP contribution in [0.3, 0.4) is 0 Å². The molecule has 1 atom stereocenters. The molecule has 1 aromatic heterocycles. The maximum absolute atomic E-state index is 5.79.